The van der Waals surface area contributed by atoms with Crippen LogP contribution in [-0.4, -0.2) is 55.6 Å². The molecule has 13 heteroatoms. The van der Waals surface area contributed by atoms with Crippen LogP contribution in [0.15, 0.2) is 39.0 Å². The van der Waals surface area contributed by atoms with Crippen LogP contribution in [0.3, 0.4) is 0 Å². The third-order valence-corrected chi connectivity index (χ3v) is 8.52. The number of aromatic nitrogens is 2. The molecule has 3 aromatic rings. The van der Waals surface area contributed by atoms with E-state index >= 15 is 0 Å². The Labute approximate surface area is 193 Å². The van der Waals surface area contributed by atoms with E-state index in [0.717, 1.165) is 11.3 Å². The number of carbonyl (C=O) groups is 1. The van der Waals surface area contributed by atoms with Crippen molar-refractivity contribution in [3.63, 3.8) is 0 Å². The Kier molecular flexibility index (Phi) is 6.38. The van der Waals surface area contributed by atoms with E-state index in [4.69, 9.17) is 25.5 Å². The van der Waals surface area contributed by atoms with E-state index in [0.29, 0.717) is 34.2 Å². The van der Waals surface area contributed by atoms with E-state index in [1.807, 2.05) is 0 Å². The van der Waals surface area contributed by atoms with Crippen molar-refractivity contribution in [2.45, 2.75) is 23.1 Å². The molecule has 10 nitrogen and oxygen atoms in total. The maximum absolute atomic E-state index is 12.9. The van der Waals surface area contributed by atoms with Gasteiger partial charge in [-0.2, -0.15) is 4.31 Å². The highest BCUT2D eigenvalue weighted by Gasteiger charge is 2.40. The molecule has 1 aromatic carbocycles. The number of nitrogens with one attached hydrogen (secondary N) is 1. The number of halogens is 1. The summed E-state index contributed by atoms with van der Waals surface area (Å²) in [7, 11) is -0.817. The van der Waals surface area contributed by atoms with Gasteiger partial charge in [0.2, 0.25) is 5.91 Å². The normalized spacial score (nSPS) is 16.8. The Bertz CT molecular complexity index is 1240. The van der Waals surface area contributed by atoms with Crippen molar-refractivity contribution < 1.29 is 27.1 Å². The van der Waals surface area contributed by atoms with Crippen LogP contribution >= 0.6 is 22.9 Å². The van der Waals surface area contributed by atoms with Gasteiger partial charge in [0.25, 0.3) is 15.9 Å². The van der Waals surface area contributed by atoms with Crippen LogP contribution in [0, 0.1) is 0 Å². The quantitative estimate of drug-likeness (QED) is 0.526. The van der Waals surface area contributed by atoms with Crippen LogP contribution in [0.1, 0.15) is 12.8 Å². The fourth-order valence-corrected chi connectivity index (χ4v) is 6.66. The van der Waals surface area contributed by atoms with Gasteiger partial charge in [-0.05, 0) is 37.1 Å². The number of rotatable bonds is 7. The van der Waals surface area contributed by atoms with Crippen LogP contribution in [0.2, 0.25) is 4.34 Å². The summed E-state index contributed by atoms with van der Waals surface area (Å²) in [4.78, 5) is 12.9. The zero-order valence-electron chi connectivity index (χ0n) is 17.1. The lowest BCUT2D eigenvalue weighted by Crippen LogP contribution is -2.42. The van der Waals surface area contributed by atoms with Crippen molar-refractivity contribution >= 4 is 44.9 Å². The second kappa shape index (κ2) is 9.06. The standard InChI is InChI=1S/C19H19ClN4O6S2/c1-28-11-5-6-12(14(10-11)29-2)18-22-23-19(30-18)21-17(25)13-4-3-9-24(13)32(26,27)16-8-7-15(20)31-16/h5-8,10,13H,3-4,9H2,1-2H3,(H,21,23,25). The van der Waals surface area contributed by atoms with Gasteiger partial charge < -0.3 is 13.9 Å². The number of amides is 1. The number of methoxy groups -OCH3 is 2. The average molecular weight is 499 g/mol. The van der Waals surface area contributed by atoms with Crippen molar-refractivity contribution in [1.29, 1.82) is 0 Å². The van der Waals surface area contributed by atoms with Gasteiger partial charge in [-0.3, -0.25) is 10.1 Å². The van der Waals surface area contributed by atoms with Crippen molar-refractivity contribution in [2.75, 3.05) is 26.1 Å². The lowest BCUT2D eigenvalue weighted by molar-refractivity contribution is -0.119. The van der Waals surface area contributed by atoms with Crippen molar-refractivity contribution in [3.05, 3.63) is 34.7 Å². The summed E-state index contributed by atoms with van der Waals surface area (Å²) in [6, 6.07) is 6.96. The third-order valence-electron chi connectivity index (χ3n) is 4.91. The largest absolute Gasteiger partial charge is 0.497 e. The minimum atomic E-state index is -3.85. The molecule has 32 heavy (non-hydrogen) atoms. The molecule has 1 N–H and O–H groups in total. The molecule has 1 atom stereocenters. The summed E-state index contributed by atoms with van der Waals surface area (Å²) in [5.41, 5.74) is 0.515. The minimum Gasteiger partial charge on any atom is -0.497 e. The van der Waals surface area contributed by atoms with E-state index in [9.17, 15) is 13.2 Å². The molecule has 2 aromatic heterocycles. The minimum absolute atomic E-state index is 0.0916. The number of benzene rings is 1. The first kappa shape index (κ1) is 22.5. The molecule has 0 aliphatic carbocycles. The number of thiophene rings is 1. The monoisotopic (exact) mass is 498 g/mol. The predicted molar refractivity (Wildman–Crippen MR) is 118 cm³/mol. The van der Waals surface area contributed by atoms with Crippen LogP contribution in [0.25, 0.3) is 11.5 Å². The topological polar surface area (TPSA) is 124 Å². The first-order valence-corrected chi connectivity index (χ1v) is 12.1. The van der Waals surface area contributed by atoms with Gasteiger partial charge in [-0.1, -0.05) is 16.7 Å². The molecule has 3 heterocycles. The molecule has 0 bridgehead atoms. The Balaban J connectivity index is 1.52. The second-order valence-corrected chi connectivity index (χ2v) is 10.6. The third kappa shape index (κ3) is 4.31. The van der Waals surface area contributed by atoms with Crippen LogP contribution < -0.4 is 14.8 Å². The lowest BCUT2D eigenvalue weighted by atomic mass is 10.2. The van der Waals surface area contributed by atoms with Gasteiger partial charge in [-0.15, -0.1) is 16.4 Å². The maximum atomic E-state index is 12.9. The fourth-order valence-electron chi connectivity index (χ4n) is 3.39. The molecular formula is C19H19ClN4O6S2. The summed E-state index contributed by atoms with van der Waals surface area (Å²) >= 11 is 6.83. The molecule has 0 radical (unpaired) electrons. The molecule has 1 fully saturated rings. The smallest absolute Gasteiger partial charge is 0.322 e. The van der Waals surface area contributed by atoms with Crippen molar-refractivity contribution in [1.82, 2.24) is 14.5 Å². The number of ether oxygens (including phenoxy) is 2. The zero-order chi connectivity index (χ0) is 22.9. The van der Waals surface area contributed by atoms with Crippen molar-refractivity contribution in [3.8, 4) is 23.0 Å². The first-order chi connectivity index (χ1) is 15.3. The number of sulfonamides is 1. The highest BCUT2D eigenvalue weighted by molar-refractivity contribution is 7.91. The number of anilines is 1. The highest BCUT2D eigenvalue weighted by Crippen LogP contribution is 2.34. The van der Waals surface area contributed by atoms with Gasteiger partial charge in [0.1, 0.15) is 21.8 Å². The zero-order valence-corrected chi connectivity index (χ0v) is 19.5. The van der Waals surface area contributed by atoms with Gasteiger partial charge in [0.15, 0.2) is 0 Å². The molecular weight excluding hydrogens is 480 g/mol. The molecule has 0 spiro atoms. The average Bonchev–Trinajstić information content (AvgIpc) is 3.54. The van der Waals surface area contributed by atoms with E-state index in [1.165, 1.54) is 30.7 Å². The summed E-state index contributed by atoms with van der Waals surface area (Å²) in [6.07, 6.45) is 0.923. The molecule has 0 saturated carbocycles. The van der Waals surface area contributed by atoms with E-state index in [2.05, 4.69) is 15.5 Å². The summed E-state index contributed by atoms with van der Waals surface area (Å²) < 4.78 is 43.6. The lowest BCUT2D eigenvalue weighted by Gasteiger charge is -2.21. The Morgan fingerprint density at radius 2 is 2.06 bits per heavy atom. The Morgan fingerprint density at radius 3 is 2.75 bits per heavy atom. The van der Waals surface area contributed by atoms with Crippen molar-refractivity contribution in [2.24, 2.45) is 0 Å². The molecule has 1 amide bonds. The molecule has 1 saturated heterocycles. The maximum Gasteiger partial charge on any atom is 0.322 e. The summed E-state index contributed by atoms with van der Waals surface area (Å²) in [5, 5.41) is 10.3. The fraction of sp³-hybridized carbons (Fsp3) is 0.316. The number of hydrogen-bond acceptors (Lipinski definition) is 9. The number of hydrogen-bond donors (Lipinski definition) is 1. The van der Waals surface area contributed by atoms with Gasteiger partial charge in [0, 0.05) is 12.6 Å². The van der Waals surface area contributed by atoms with Crippen LogP contribution in [-0.2, 0) is 14.8 Å². The van der Waals surface area contributed by atoms with Gasteiger partial charge in [-0.25, -0.2) is 8.42 Å². The molecule has 1 unspecified atom stereocenters. The van der Waals surface area contributed by atoms with Gasteiger partial charge in [0.05, 0.1) is 24.1 Å². The van der Waals surface area contributed by atoms with E-state index in [-0.39, 0.29) is 22.7 Å². The summed E-state index contributed by atoms with van der Waals surface area (Å²) in [6.45, 7) is 0.230. The number of nitrogens with zero attached hydrogens (tertiary/aromatic N) is 3. The second-order valence-electron chi connectivity index (χ2n) is 6.80. The Morgan fingerprint density at radius 1 is 1.25 bits per heavy atom. The predicted octanol–water partition coefficient (Wildman–Crippen LogP) is 3.26. The van der Waals surface area contributed by atoms with Gasteiger partial charge >= 0.3 is 6.01 Å². The molecule has 1 aliphatic heterocycles. The van der Waals surface area contributed by atoms with E-state index in [1.54, 1.807) is 18.2 Å². The molecule has 1 aliphatic rings. The molecule has 170 valence electrons. The summed E-state index contributed by atoms with van der Waals surface area (Å²) in [5.74, 6) is 0.622. The van der Waals surface area contributed by atoms with E-state index < -0.39 is 22.0 Å². The number of carbonyl (C=O) groups excluding carboxylic acids is 1. The first-order valence-electron chi connectivity index (χ1n) is 9.47. The SMILES string of the molecule is COc1ccc(-c2nnc(NC(=O)C3CCCN3S(=O)(=O)c3ccc(Cl)s3)o2)c(OC)c1. The highest BCUT2D eigenvalue weighted by atomic mass is 35.5. The Hall–Kier alpha value is -2.67. The molecule has 4 rings (SSSR count). The van der Waals surface area contributed by atoms with Crippen LogP contribution in [0.5, 0.6) is 11.5 Å². The van der Waals surface area contributed by atoms with Crippen LogP contribution in [0.4, 0.5) is 6.01 Å².